The highest BCUT2D eigenvalue weighted by molar-refractivity contribution is 6.33. The first-order chi connectivity index (χ1) is 13.8. The van der Waals surface area contributed by atoms with Crippen molar-refractivity contribution in [3.8, 4) is 0 Å². The van der Waals surface area contributed by atoms with Gasteiger partial charge in [-0.05, 0) is 43.4 Å². The number of amides is 1. The average molecular weight is 419 g/mol. The zero-order chi connectivity index (χ0) is 20.7. The highest BCUT2D eigenvalue weighted by Crippen LogP contribution is 2.30. The lowest BCUT2D eigenvalue weighted by Gasteiger charge is -2.13. The molecule has 1 aliphatic rings. The zero-order valence-corrected chi connectivity index (χ0v) is 16.9. The highest BCUT2D eigenvalue weighted by atomic mass is 35.5. The number of benzene rings is 2. The molecule has 1 fully saturated rings. The van der Waals surface area contributed by atoms with E-state index in [2.05, 4.69) is 22.5 Å². The van der Waals surface area contributed by atoms with Gasteiger partial charge in [0.25, 0.3) is 5.91 Å². The first-order valence-electron chi connectivity index (χ1n) is 9.51. The summed E-state index contributed by atoms with van der Waals surface area (Å²) in [5.41, 5.74) is 0.935. The third kappa shape index (κ3) is 3.79. The van der Waals surface area contributed by atoms with Crippen molar-refractivity contribution >= 4 is 40.2 Å². The largest absolute Gasteiger partial charge is 0.349 e. The summed E-state index contributed by atoms with van der Waals surface area (Å²) >= 11 is 6.06. The molecule has 0 spiro atoms. The van der Waals surface area contributed by atoms with Gasteiger partial charge in [0.1, 0.15) is 11.6 Å². The van der Waals surface area contributed by atoms with E-state index in [-0.39, 0.29) is 28.3 Å². The molecule has 2 aromatic carbocycles. The van der Waals surface area contributed by atoms with Gasteiger partial charge in [-0.2, -0.15) is 0 Å². The number of hydrogen-bond donors (Lipinski definition) is 2. The molecule has 2 N–H and O–H groups in total. The van der Waals surface area contributed by atoms with E-state index in [9.17, 15) is 13.6 Å². The van der Waals surface area contributed by atoms with Crippen LogP contribution in [0.5, 0.6) is 0 Å². The summed E-state index contributed by atoms with van der Waals surface area (Å²) in [5, 5.41) is 5.97. The summed E-state index contributed by atoms with van der Waals surface area (Å²) < 4.78 is 30.3. The van der Waals surface area contributed by atoms with E-state index in [0.717, 1.165) is 19.3 Å². The van der Waals surface area contributed by atoms with Crippen molar-refractivity contribution in [2.75, 3.05) is 5.32 Å². The lowest BCUT2D eigenvalue weighted by molar-refractivity contribution is 0.0933. The van der Waals surface area contributed by atoms with E-state index in [1.54, 1.807) is 17.7 Å². The third-order valence-corrected chi connectivity index (χ3v) is 5.76. The summed E-state index contributed by atoms with van der Waals surface area (Å²) in [6.45, 7) is 2.14. The molecule has 3 aromatic rings. The second-order valence-corrected chi connectivity index (χ2v) is 8.03. The molecule has 1 heterocycles. The Kier molecular flexibility index (Phi) is 5.17. The fourth-order valence-electron chi connectivity index (χ4n) is 3.83. The van der Waals surface area contributed by atoms with Gasteiger partial charge < -0.3 is 15.2 Å². The Balaban J connectivity index is 1.65. The van der Waals surface area contributed by atoms with E-state index < -0.39 is 17.5 Å². The number of rotatable bonds is 4. The molecule has 8 heteroatoms. The van der Waals surface area contributed by atoms with Crippen molar-refractivity contribution in [2.45, 2.75) is 32.2 Å². The number of carbonyl (C=O) groups is 1. The Bertz CT molecular complexity index is 1080. The molecule has 4 rings (SSSR count). The number of aromatic nitrogens is 2. The molecule has 1 unspecified atom stereocenters. The zero-order valence-electron chi connectivity index (χ0n) is 16.1. The molecule has 1 amide bonds. The molecular formula is C21H21ClF2N4O. The number of nitrogens with one attached hydrogen (secondary N) is 2. The second-order valence-electron chi connectivity index (χ2n) is 7.63. The predicted molar refractivity (Wildman–Crippen MR) is 110 cm³/mol. The van der Waals surface area contributed by atoms with Gasteiger partial charge in [0, 0.05) is 19.2 Å². The molecular weight excluding hydrogens is 398 g/mol. The standard InChI is InChI=1S/C21H21ClF2N4O/c1-11-6-7-12(8-11)25-20(29)13-9-17-18(10-16(13)24)28(2)21(26-17)27-19-14(22)4-3-5-15(19)23/h3-5,9-12H,6-8H2,1-2H3,(H,25,29)(H,26,27)/t11-,12?/m1/s1. The van der Waals surface area contributed by atoms with Crippen LogP contribution in [0.4, 0.5) is 20.4 Å². The lowest BCUT2D eigenvalue weighted by atomic mass is 10.1. The maximum absolute atomic E-state index is 14.7. The van der Waals surface area contributed by atoms with Crippen molar-refractivity contribution < 1.29 is 13.6 Å². The normalized spacial score (nSPS) is 18.9. The summed E-state index contributed by atoms with van der Waals surface area (Å²) in [4.78, 5) is 17.0. The SMILES string of the molecule is C[C@@H]1CCC(NC(=O)c2cc3nc(Nc4c(F)cccc4Cl)n(C)c3cc2F)C1. The highest BCUT2D eigenvalue weighted by Gasteiger charge is 2.25. The molecule has 1 saturated carbocycles. The second kappa shape index (κ2) is 7.63. The maximum atomic E-state index is 14.7. The smallest absolute Gasteiger partial charge is 0.254 e. The van der Waals surface area contributed by atoms with Crippen LogP contribution in [-0.2, 0) is 7.05 Å². The van der Waals surface area contributed by atoms with Crippen LogP contribution in [0.1, 0.15) is 36.5 Å². The van der Waals surface area contributed by atoms with Gasteiger partial charge >= 0.3 is 0 Å². The Morgan fingerprint density at radius 1 is 1.24 bits per heavy atom. The van der Waals surface area contributed by atoms with Crippen LogP contribution in [0, 0.1) is 17.6 Å². The molecule has 2 atom stereocenters. The minimum Gasteiger partial charge on any atom is -0.349 e. The van der Waals surface area contributed by atoms with Crippen LogP contribution < -0.4 is 10.6 Å². The number of hydrogen-bond acceptors (Lipinski definition) is 3. The van der Waals surface area contributed by atoms with Crippen LogP contribution in [0.25, 0.3) is 11.0 Å². The number of aryl methyl sites for hydroxylation is 1. The van der Waals surface area contributed by atoms with Crippen molar-refractivity contribution in [1.29, 1.82) is 0 Å². The molecule has 0 aliphatic heterocycles. The fraction of sp³-hybridized carbons (Fsp3) is 0.333. The molecule has 0 radical (unpaired) electrons. The number of para-hydroxylation sites is 1. The van der Waals surface area contributed by atoms with Gasteiger partial charge in [0.15, 0.2) is 0 Å². The molecule has 0 saturated heterocycles. The lowest BCUT2D eigenvalue weighted by Crippen LogP contribution is -2.33. The van der Waals surface area contributed by atoms with E-state index >= 15 is 0 Å². The molecule has 5 nitrogen and oxygen atoms in total. The Labute approximate surface area is 172 Å². The number of anilines is 2. The third-order valence-electron chi connectivity index (χ3n) is 5.44. The molecule has 152 valence electrons. The number of halogens is 3. The monoisotopic (exact) mass is 418 g/mol. The summed E-state index contributed by atoms with van der Waals surface area (Å²) in [5.74, 6) is -0.752. The molecule has 1 aromatic heterocycles. The number of fused-ring (bicyclic) bond motifs is 1. The number of nitrogens with zero attached hydrogens (tertiary/aromatic N) is 2. The quantitative estimate of drug-likeness (QED) is 0.614. The van der Waals surface area contributed by atoms with E-state index in [4.69, 9.17) is 11.6 Å². The Morgan fingerprint density at radius 3 is 2.72 bits per heavy atom. The van der Waals surface area contributed by atoms with Crippen molar-refractivity contribution in [2.24, 2.45) is 13.0 Å². The van der Waals surface area contributed by atoms with Crippen molar-refractivity contribution in [1.82, 2.24) is 14.9 Å². The van der Waals surface area contributed by atoms with E-state index in [0.29, 0.717) is 17.0 Å². The topological polar surface area (TPSA) is 59.0 Å². The van der Waals surface area contributed by atoms with Gasteiger partial charge in [0.05, 0.1) is 27.3 Å². The van der Waals surface area contributed by atoms with Crippen molar-refractivity contribution in [3.05, 3.63) is 52.6 Å². The first-order valence-corrected chi connectivity index (χ1v) is 9.89. The molecule has 29 heavy (non-hydrogen) atoms. The number of imidazole rings is 1. The summed E-state index contributed by atoms with van der Waals surface area (Å²) in [7, 11) is 1.67. The Hall–Kier alpha value is -2.67. The predicted octanol–water partition coefficient (Wildman–Crippen LogP) is 5.17. The van der Waals surface area contributed by atoms with Crippen molar-refractivity contribution in [3.63, 3.8) is 0 Å². The van der Waals surface area contributed by atoms with Crippen LogP contribution in [0.3, 0.4) is 0 Å². The van der Waals surface area contributed by atoms with Crippen LogP contribution in [-0.4, -0.2) is 21.5 Å². The number of carbonyl (C=O) groups excluding carboxylic acids is 1. The van der Waals surface area contributed by atoms with Gasteiger partial charge in [-0.3, -0.25) is 4.79 Å². The summed E-state index contributed by atoms with van der Waals surface area (Å²) in [6, 6.07) is 7.10. The van der Waals surface area contributed by atoms with Gasteiger partial charge in [0.2, 0.25) is 5.95 Å². The maximum Gasteiger partial charge on any atom is 0.254 e. The first kappa shape index (κ1) is 19.6. The van der Waals surface area contributed by atoms with Gasteiger partial charge in [-0.1, -0.05) is 24.6 Å². The molecule has 1 aliphatic carbocycles. The van der Waals surface area contributed by atoms with E-state index in [1.807, 2.05) is 0 Å². The van der Waals surface area contributed by atoms with Crippen LogP contribution >= 0.6 is 11.6 Å². The Morgan fingerprint density at radius 2 is 2.03 bits per heavy atom. The van der Waals surface area contributed by atoms with E-state index in [1.165, 1.54) is 24.3 Å². The fourth-order valence-corrected chi connectivity index (χ4v) is 4.04. The summed E-state index contributed by atoms with van der Waals surface area (Å²) in [6.07, 6.45) is 2.86. The van der Waals surface area contributed by atoms with Gasteiger partial charge in [-0.25, -0.2) is 13.8 Å². The minimum atomic E-state index is -0.625. The van der Waals surface area contributed by atoms with Gasteiger partial charge in [-0.15, -0.1) is 0 Å². The van der Waals surface area contributed by atoms with Crippen LogP contribution in [0.2, 0.25) is 5.02 Å². The average Bonchev–Trinajstić information content (AvgIpc) is 3.21. The minimum absolute atomic E-state index is 0.0503. The molecule has 0 bridgehead atoms. The van der Waals surface area contributed by atoms with Crippen LogP contribution in [0.15, 0.2) is 30.3 Å².